The second-order valence-electron chi connectivity index (χ2n) is 3.32. The molecule has 2 heterocycles. The average molecular weight is 235 g/mol. The van der Waals surface area contributed by atoms with Crippen LogP contribution < -0.4 is 5.32 Å². The van der Waals surface area contributed by atoms with Crippen molar-refractivity contribution in [2.45, 2.75) is 18.5 Å². The lowest BCUT2D eigenvalue weighted by molar-refractivity contribution is 1.01. The summed E-state index contributed by atoms with van der Waals surface area (Å²) in [5.41, 5.74) is 2.22. The fourth-order valence-corrected chi connectivity index (χ4v) is 1.67. The van der Waals surface area contributed by atoms with Crippen LogP contribution in [0, 0.1) is 6.92 Å². The SMILES string of the molecule is CSc1cc(NCc2cn[nH]c2C)ncn1. The largest absolute Gasteiger partial charge is 0.366 e. The first-order valence-corrected chi connectivity index (χ1v) is 6.11. The molecule has 0 fully saturated rings. The van der Waals surface area contributed by atoms with Crippen molar-refractivity contribution in [2.24, 2.45) is 0 Å². The van der Waals surface area contributed by atoms with Crippen LogP contribution in [-0.2, 0) is 6.54 Å². The van der Waals surface area contributed by atoms with Crippen molar-refractivity contribution in [3.63, 3.8) is 0 Å². The summed E-state index contributed by atoms with van der Waals surface area (Å²) < 4.78 is 0. The summed E-state index contributed by atoms with van der Waals surface area (Å²) in [5, 5.41) is 11.1. The molecule has 0 aromatic carbocycles. The standard InChI is InChI=1S/C10H13N5S/c1-7-8(5-14-15-7)4-11-9-3-10(16-2)13-6-12-9/h3,5-6H,4H2,1-2H3,(H,14,15)(H,11,12,13). The minimum absolute atomic E-state index is 0.715. The van der Waals surface area contributed by atoms with Gasteiger partial charge in [0.25, 0.3) is 0 Å². The lowest BCUT2D eigenvalue weighted by Crippen LogP contribution is -2.02. The van der Waals surface area contributed by atoms with E-state index >= 15 is 0 Å². The van der Waals surface area contributed by atoms with Crippen LogP contribution in [0.25, 0.3) is 0 Å². The highest BCUT2D eigenvalue weighted by molar-refractivity contribution is 7.98. The van der Waals surface area contributed by atoms with Crippen LogP contribution >= 0.6 is 11.8 Å². The molecule has 0 aliphatic carbocycles. The monoisotopic (exact) mass is 235 g/mol. The van der Waals surface area contributed by atoms with E-state index in [1.165, 1.54) is 0 Å². The number of nitrogens with one attached hydrogen (secondary N) is 2. The van der Waals surface area contributed by atoms with Crippen LogP contribution in [0.3, 0.4) is 0 Å². The van der Waals surface area contributed by atoms with E-state index < -0.39 is 0 Å². The third-order valence-corrected chi connectivity index (χ3v) is 2.89. The zero-order chi connectivity index (χ0) is 11.4. The predicted octanol–water partition coefficient (Wildman–Crippen LogP) is 1.84. The van der Waals surface area contributed by atoms with Gasteiger partial charge < -0.3 is 5.32 Å². The molecule has 16 heavy (non-hydrogen) atoms. The van der Waals surface area contributed by atoms with E-state index in [-0.39, 0.29) is 0 Å². The van der Waals surface area contributed by atoms with Crippen molar-refractivity contribution in [1.82, 2.24) is 20.2 Å². The van der Waals surface area contributed by atoms with Gasteiger partial charge in [-0.2, -0.15) is 5.10 Å². The molecular formula is C10H13N5S. The van der Waals surface area contributed by atoms with Crippen LogP contribution in [0.2, 0.25) is 0 Å². The minimum atomic E-state index is 0.715. The zero-order valence-electron chi connectivity index (χ0n) is 9.19. The summed E-state index contributed by atoms with van der Waals surface area (Å²) >= 11 is 1.60. The first-order valence-electron chi connectivity index (χ1n) is 4.88. The van der Waals surface area contributed by atoms with Crippen LogP contribution in [0.4, 0.5) is 5.82 Å². The van der Waals surface area contributed by atoms with Gasteiger partial charge in [0, 0.05) is 23.9 Å². The third kappa shape index (κ3) is 2.52. The normalized spacial score (nSPS) is 10.4. The summed E-state index contributed by atoms with van der Waals surface area (Å²) in [5.74, 6) is 0.833. The lowest BCUT2D eigenvalue weighted by Gasteiger charge is -2.05. The molecular weight excluding hydrogens is 222 g/mol. The number of nitrogens with zero attached hydrogens (tertiary/aromatic N) is 3. The molecule has 2 rings (SSSR count). The highest BCUT2D eigenvalue weighted by atomic mass is 32.2. The number of aromatic nitrogens is 4. The number of thioether (sulfide) groups is 1. The molecule has 2 aromatic rings. The Kier molecular flexibility index (Phi) is 3.40. The van der Waals surface area contributed by atoms with Crippen LogP contribution in [0.5, 0.6) is 0 Å². The van der Waals surface area contributed by atoms with Gasteiger partial charge in [0.1, 0.15) is 17.2 Å². The van der Waals surface area contributed by atoms with Gasteiger partial charge in [-0.1, -0.05) is 0 Å². The van der Waals surface area contributed by atoms with Crippen molar-refractivity contribution < 1.29 is 0 Å². The minimum Gasteiger partial charge on any atom is -0.366 e. The van der Waals surface area contributed by atoms with Crippen molar-refractivity contribution >= 4 is 17.6 Å². The second-order valence-corrected chi connectivity index (χ2v) is 4.15. The molecule has 0 saturated heterocycles. The van der Waals surface area contributed by atoms with E-state index in [0.717, 1.165) is 22.1 Å². The summed E-state index contributed by atoms with van der Waals surface area (Å²) in [4.78, 5) is 8.26. The zero-order valence-corrected chi connectivity index (χ0v) is 10.0. The number of hydrogen-bond acceptors (Lipinski definition) is 5. The Morgan fingerprint density at radius 3 is 3.00 bits per heavy atom. The molecule has 0 atom stereocenters. The van der Waals surface area contributed by atoms with Crippen molar-refractivity contribution in [3.05, 3.63) is 29.8 Å². The van der Waals surface area contributed by atoms with E-state index in [1.54, 1.807) is 18.1 Å². The van der Waals surface area contributed by atoms with Gasteiger partial charge in [-0.3, -0.25) is 5.10 Å². The number of aryl methyl sites for hydroxylation is 1. The van der Waals surface area contributed by atoms with Crippen molar-refractivity contribution in [3.8, 4) is 0 Å². The van der Waals surface area contributed by atoms with Crippen LogP contribution in [0.1, 0.15) is 11.3 Å². The molecule has 0 unspecified atom stereocenters. The van der Waals surface area contributed by atoms with Gasteiger partial charge >= 0.3 is 0 Å². The molecule has 0 spiro atoms. The highest BCUT2D eigenvalue weighted by Gasteiger charge is 2.01. The van der Waals surface area contributed by atoms with Gasteiger partial charge in [-0.25, -0.2) is 9.97 Å². The Balaban J connectivity index is 2.02. The summed E-state index contributed by atoms with van der Waals surface area (Å²) in [6.45, 7) is 2.71. The van der Waals surface area contributed by atoms with Gasteiger partial charge in [-0.05, 0) is 13.2 Å². The van der Waals surface area contributed by atoms with Gasteiger partial charge in [-0.15, -0.1) is 11.8 Å². The molecule has 2 N–H and O–H groups in total. The molecule has 0 saturated carbocycles. The van der Waals surface area contributed by atoms with Crippen molar-refractivity contribution in [2.75, 3.05) is 11.6 Å². The number of aromatic amines is 1. The Morgan fingerprint density at radius 1 is 1.44 bits per heavy atom. The maximum Gasteiger partial charge on any atom is 0.130 e. The number of anilines is 1. The van der Waals surface area contributed by atoms with E-state index in [4.69, 9.17) is 0 Å². The highest BCUT2D eigenvalue weighted by Crippen LogP contribution is 2.14. The van der Waals surface area contributed by atoms with Gasteiger partial charge in [0.05, 0.1) is 6.20 Å². The second kappa shape index (κ2) is 4.98. The molecule has 0 radical (unpaired) electrons. The summed E-state index contributed by atoms with van der Waals surface area (Å²) in [6, 6.07) is 1.93. The van der Waals surface area contributed by atoms with Crippen molar-refractivity contribution in [1.29, 1.82) is 0 Å². The number of rotatable bonds is 4. The Labute approximate surface area is 98.1 Å². The maximum atomic E-state index is 4.15. The van der Waals surface area contributed by atoms with E-state index in [0.29, 0.717) is 6.54 Å². The Morgan fingerprint density at radius 2 is 2.31 bits per heavy atom. The topological polar surface area (TPSA) is 66.5 Å². The molecule has 0 bridgehead atoms. The van der Waals surface area contributed by atoms with Crippen LogP contribution in [-0.4, -0.2) is 26.4 Å². The third-order valence-electron chi connectivity index (χ3n) is 2.25. The molecule has 0 aliphatic rings. The smallest absolute Gasteiger partial charge is 0.130 e. The van der Waals surface area contributed by atoms with Gasteiger partial charge in [0.15, 0.2) is 0 Å². The molecule has 6 heteroatoms. The van der Waals surface area contributed by atoms with Gasteiger partial charge in [0.2, 0.25) is 0 Å². The van der Waals surface area contributed by atoms with E-state index in [1.807, 2.05) is 25.4 Å². The molecule has 5 nitrogen and oxygen atoms in total. The fourth-order valence-electron chi connectivity index (χ4n) is 1.29. The number of hydrogen-bond donors (Lipinski definition) is 2. The van der Waals surface area contributed by atoms with E-state index in [9.17, 15) is 0 Å². The average Bonchev–Trinajstić information content (AvgIpc) is 2.72. The molecule has 2 aromatic heterocycles. The first-order chi connectivity index (χ1) is 7.79. The molecule has 0 amide bonds. The fraction of sp³-hybridized carbons (Fsp3) is 0.300. The molecule has 0 aliphatic heterocycles. The molecule has 84 valence electrons. The van der Waals surface area contributed by atoms with Crippen LogP contribution in [0.15, 0.2) is 23.6 Å². The van der Waals surface area contributed by atoms with E-state index in [2.05, 4.69) is 25.5 Å². The number of H-pyrrole nitrogens is 1. The Bertz CT molecular complexity index is 468. The Hall–Kier alpha value is -1.56. The summed E-state index contributed by atoms with van der Waals surface area (Å²) in [6.07, 6.45) is 5.38. The first kappa shape index (κ1) is 10.9. The summed E-state index contributed by atoms with van der Waals surface area (Å²) in [7, 11) is 0. The lowest BCUT2D eigenvalue weighted by atomic mass is 10.2. The maximum absolute atomic E-state index is 4.15. The predicted molar refractivity (Wildman–Crippen MR) is 64.5 cm³/mol. The quantitative estimate of drug-likeness (QED) is 0.625.